The van der Waals surface area contributed by atoms with E-state index in [1.54, 1.807) is 19.1 Å². The molecule has 0 bridgehead atoms. The van der Waals surface area contributed by atoms with Crippen molar-refractivity contribution in [2.24, 2.45) is 0 Å². The Hall–Kier alpha value is -2.54. The van der Waals surface area contributed by atoms with Gasteiger partial charge in [-0.15, -0.1) is 0 Å². The zero-order valence-electron chi connectivity index (χ0n) is 16.1. The number of aryl methyl sites for hydroxylation is 2. The number of benzene rings is 2. The highest BCUT2D eigenvalue weighted by Gasteiger charge is 2.29. The Morgan fingerprint density at radius 3 is 2.26 bits per heavy atom. The largest absolute Gasteiger partial charge is 0.492 e. The lowest BCUT2D eigenvalue weighted by atomic mass is 10.1. The van der Waals surface area contributed by atoms with Gasteiger partial charge in [-0.1, -0.05) is 24.3 Å². The lowest BCUT2D eigenvalue weighted by Gasteiger charge is -2.28. The van der Waals surface area contributed by atoms with Crippen LogP contribution in [0, 0.1) is 13.8 Å². The first-order valence-electron chi connectivity index (χ1n) is 8.72. The van der Waals surface area contributed by atoms with E-state index < -0.39 is 16.1 Å². The number of rotatable bonds is 8. The summed E-state index contributed by atoms with van der Waals surface area (Å²) in [6.07, 6.45) is 1.10. The van der Waals surface area contributed by atoms with Crippen LogP contribution >= 0.6 is 0 Å². The summed E-state index contributed by atoms with van der Waals surface area (Å²) in [5.74, 6) is 0.337. The fraction of sp³-hybridized carbons (Fsp3) is 0.350. The van der Waals surface area contributed by atoms with Gasteiger partial charge in [-0.25, -0.2) is 8.42 Å². The van der Waals surface area contributed by atoms with E-state index in [0.717, 1.165) is 21.7 Å². The summed E-state index contributed by atoms with van der Waals surface area (Å²) in [6, 6.07) is 13.9. The Labute approximate surface area is 161 Å². The van der Waals surface area contributed by atoms with Crippen molar-refractivity contribution in [3.8, 4) is 5.75 Å². The molecule has 0 unspecified atom stereocenters. The highest BCUT2D eigenvalue weighted by atomic mass is 32.2. The van der Waals surface area contributed by atoms with Gasteiger partial charge in [0.25, 0.3) is 0 Å². The molecule has 1 N–H and O–H groups in total. The quantitative estimate of drug-likeness (QED) is 0.703. The number of carbonyl (C=O) groups is 1. The number of sulfonamides is 1. The van der Waals surface area contributed by atoms with Gasteiger partial charge < -0.3 is 10.1 Å². The average molecular weight is 391 g/mol. The molecule has 0 fully saturated rings. The van der Waals surface area contributed by atoms with E-state index in [1.807, 2.05) is 50.2 Å². The van der Waals surface area contributed by atoms with Crippen LogP contribution in [0.5, 0.6) is 5.75 Å². The topological polar surface area (TPSA) is 75.7 Å². The lowest BCUT2D eigenvalue weighted by molar-refractivity contribution is -0.121. The Morgan fingerprint density at radius 1 is 1.11 bits per heavy atom. The summed E-state index contributed by atoms with van der Waals surface area (Å²) < 4.78 is 31.4. The summed E-state index contributed by atoms with van der Waals surface area (Å²) in [7, 11) is -3.63. The normalized spacial score (nSPS) is 12.3. The van der Waals surface area contributed by atoms with Crippen molar-refractivity contribution in [3.63, 3.8) is 0 Å². The third-order valence-corrected chi connectivity index (χ3v) is 5.20. The summed E-state index contributed by atoms with van der Waals surface area (Å²) in [5, 5.41) is 2.73. The molecular weight excluding hydrogens is 364 g/mol. The predicted octanol–water partition coefficient (Wildman–Crippen LogP) is 2.65. The van der Waals surface area contributed by atoms with Crippen molar-refractivity contribution < 1.29 is 17.9 Å². The van der Waals surface area contributed by atoms with E-state index in [0.29, 0.717) is 18.0 Å². The summed E-state index contributed by atoms with van der Waals surface area (Å²) in [6.45, 7) is 5.94. The van der Waals surface area contributed by atoms with Crippen LogP contribution in [-0.4, -0.2) is 39.8 Å². The Kier molecular flexibility index (Phi) is 6.85. The Morgan fingerprint density at radius 2 is 1.70 bits per heavy atom. The number of ether oxygens (including phenoxy) is 1. The molecule has 0 aliphatic heterocycles. The van der Waals surface area contributed by atoms with Gasteiger partial charge in [0.2, 0.25) is 15.9 Å². The van der Waals surface area contributed by atoms with Crippen LogP contribution < -0.4 is 14.4 Å². The number of nitrogens with zero attached hydrogens (tertiary/aromatic N) is 1. The van der Waals surface area contributed by atoms with Gasteiger partial charge in [0.05, 0.1) is 18.5 Å². The molecule has 0 radical (unpaired) electrons. The molecule has 0 saturated heterocycles. The van der Waals surface area contributed by atoms with E-state index >= 15 is 0 Å². The van der Waals surface area contributed by atoms with Crippen molar-refractivity contribution in [1.82, 2.24) is 5.32 Å². The van der Waals surface area contributed by atoms with Crippen LogP contribution in [0.3, 0.4) is 0 Å². The maximum atomic E-state index is 12.5. The zero-order chi connectivity index (χ0) is 20.0. The second-order valence-corrected chi connectivity index (χ2v) is 8.39. The first-order valence-corrected chi connectivity index (χ1v) is 10.6. The Balaban J connectivity index is 2.04. The minimum Gasteiger partial charge on any atom is -0.492 e. The van der Waals surface area contributed by atoms with Gasteiger partial charge in [-0.3, -0.25) is 9.10 Å². The maximum absolute atomic E-state index is 12.5. The number of nitrogens with one attached hydrogen (secondary N) is 1. The number of para-hydroxylation sites is 1. The van der Waals surface area contributed by atoms with Crippen molar-refractivity contribution in [2.45, 2.75) is 26.8 Å². The van der Waals surface area contributed by atoms with Crippen LogP contribution in [-0.2, 0) is 14.8 Å². The number of carbonyl (C=O) groups excluding carboxylic acids is 1. The molecule has 0 aliphatic rings. The number of hydrogen-bond donors (Lipinski definition) is 1. The molecule has 27 heavy (non-hydrogen) atoms. The molecule has 0 aliphatic carbocycles. The minimum atomic E-state index is -3.63. The van der Waals surface area contributed by atoms with Gasteiger partial charge in [-0.05, 0) is 56.2 Å². The molecule has 1 amide bonds. The van der Waals surface area contributed by atoms with Crippen molar-refractivity contribution in [2.75, 3.05) is 23.7 Å². The third kappa shape index (κ3) is 5.99. The first kappa shape index (κ1) is 20.8. The second-order valence-electron chi connectivity index (χ2n) is 6.53. The summed E-state index contributed by atoms with van der Waals surface area (Å²) >= 11 is 0. The zero-order valence-corrected chi connectivity index (χ0v) is 16.9. The van der Waals surface area contributed by atoms with Crippen molar-refractivity contribution in [1.29, 1.82) is 0 Å². The molecule has 0 saturated carbocycles. The molecular formula is C20H26N2O4S. The molecule has 0 heterocycles. The van der Waals surface area contributed by atoms with Crippen LogP contribution in [0.15, 0.2) is 48.5 Å². The van der Waals surface area contributed by atoms with E-state index in [-0.39, 0.29) is 12.5 Å². The van der Waals surface area contributed by atoms with E-state index in [2.05, 4.69) is 5.32 Å². The smallest absolute Gasteiger partial charge is 0.243 e. The second kappa shape index (κ2) is 8.90. The molecule has 2 aromatic carbocycles. The average Bonchev–Trinajstić information content (AvgIpc) is 2.57. The van der Waals surface area contributed by atoms with Crippen LogP contribution in [0.1, 0.15) is 18.1 Å². The van der Waals surface area contributed by atoms with E-state index in [9.17, 15) is 13.2 Å². The molecule has 0 aromatic heterocycles. The molecule has 2 aromatic rings. The summed E-state index contributed by atoms with van der Waals surface area (Å²) in [5.41, 5.74) is 2.35. The third-order valence-electron chi connectivity index (χ3n) is 3.96. The maximum Gasteiger partial charge on any atom is 0.243 e. The van der Waals surface area contributed by atoms with Gasteiger partial charge in [-0.2, -0.15) is 0 Å². The van der Waals surface area contributed by atoms with Gasteiger partial charge in [0.1, 0.15) is 18.4 Å². The fourth-order valence-electron chi connectivity index (χ4n) is 2.89. The molecule has 2 rings (SSSR count). The van der Waals surface area contributed by atoms with Crippen LogP contribution in [0.25, 0.3) is 0 Å². The Bertz CT molecular complexity index is 862. The first-order chi connectivity index (χ1) is 12.7. The van der Waals surface area contributed by atoms with Crippen LogP contribution in [0.2, 0.25) is 0 Å². The predicted molar refractivity (Wildman–Crippen MR) is 108 cm³/mol. The molecule has 6 nitrogen and oxygen atoms in total. The minimum absolute atomic E-state index is 0.280. The highest BCUT2D eigenvalue weighted by Crippen LogP contribution is 2.23. The highest BCUT2D eigenvalue weighted by molar-refractivity contribution is 7.92. The molecule has 146 valence electrons. The standard InChI is InChI=1S/C20H26N2O4S/c1-15-12-16(2)14-18(13-15)22(27(4,24)25)17(3)20(23)21-10-11-26-19-8-6-5-7-9-19/h5-9,12-14,17H,10-11H2,1-4H3,(H,21,23)/t17-/m1/s1. The number of anilines is 1. The SMILES string of the molecule is Cc1cc(C)cc(N([C@H](C)C(=O)NCCOc2ccccc2)S(C)(=O)=O)c1. The fourth-order valence-corrected chi connectivity index (χ4v) is 4.05. The monoisotopic (exact) mass is 390 g/mol. The van der Waals surface area contributed by atoms with Gasteiger partial charge in [0.15, 0.2) is 0 Å². The van der Waals surface area contributed by atoms with Gasteiger partial charge >= 0.3 is 0 Å². The summed E-state index contributed by atoms with van der Waals surface area (Å²) in [4.78, 5) is 12.5. The van der Waals surface area contributed by atoms with Crippen LogP contribution in [0.4, 0.5) is 5.69 Å². The van der Waals surface area contributed by atoms with Gasteiger partial charge in [0, 0.05) is 0 Å². The molecule has 0 spiro atoms. The lowest BCUT2D eigenvalue weighted by Crippen LogP contribution is -2.48. The van der Waals surface area contributed by atoms with Crippen molar-refractivity contribution >= 4 is 21.6 Å². The van der Waals surface area contributed by atoms with E-state index in [1.165, 1.54) is 0 Å². The number of amides is 1. The van der Waals surface area contributed by atoms with E-state index in [4.69, 9.17) is 4.74 Å². The molecule has 1 atom stereocenters. The molecule has 7 heteroatoms. The number of hydrogen-bond acceptors (Lipinski definition) is 4. The van der Waals surface area contributed by atoms with Crippen molar-refractivity contribution in [3.05, 3.63) is 59.7 Å².